The van der Waals surface area contributed by atoms with Gasteiger partial charge in [-0.2, -0.15) is 12.6 Å². The first-order chi connectivity index (χ1) is 41.5. The minimum Gasteiger partial charge on any atom is -0.481 e. The van der Waals surface area contributed by atoms with E-state index in [1.807, 2.05) is 52.0 Å². The van der Waals surface area contributed by atoms with Gasteiger partial charge in [-0.1, -0.05) is 94.9 Å². The van der Waals surface area contributed by atoms with E-state index in [1.54, 1.807) is 18.7 Å². The Kier molecular flexibility index (Phi) is 31.2. The van der Waals surface area contributed by atoms with Crippen molar-refractivity contribution in [3.8, 4) is 34.4 Å². The number of carbonyl (C=O) groups is 3. The van der Waals surface area contributed by atoms with Crippen molar-refractivity contribution in [3.05, 3.63) is 124 Å². The maximum atomic E-state index is 11.5. The molecule has 19 heteroatoms. The quantitative estimate of drug-likeness (QED) is 0.0251. The van der Waals surface area contributed by atoms with E-state index < -0.39 is 5.97 Å². The second-order valence-corrected chi connectivity index (χ2v) is 25.7. The van der Waals surface area contributed by atoms with Crippen LogP contribution in [0, 0.1) is 59.3 Å². The highest BCUT2D eigenvalue weighted by Crippen LogP contribution is 2.34. The lowest BCUT2D eigenvalue weighted by molar-refractivity contribution is -0.140. The molecule has 3 aliphatic carbocycles. The minimum atomic E-state index is -0.741. The average Bonchev–Trinajstić information content (AvgIpc) is 3.54. The van der Waals surface area contributed by atoms with Crippen LogP contribution in [0.5, 0.6) is 0 Å². The number of hydrogen-bond acceptors (Lipinski definition) is 17. The second kappa shape index (κ2) is 38.0. The number of aryl methyl sites for hydroxylation is 6. The smallest absolute Gasteiger partial charge is 0.315 e. The van der Waals surface area contributed by atoms with Gasteiger partial charge in [0, 0.05) is 21.1 Å². The van der Waals surface area contributed by atoms with Gasteiger partial charge in [0.05, 0.1) is 68.6 Å². The number of oxazole rings is 3. The van der Waals surface area contributed by atoms with Crippen molar-refractivity contribution in [2.45, 2.75) is 171 Å². The monoisotopic (exact) mass is 1350 g/mol. The number of carboxylic acids is 1. The summed E-state index contributed by atoms with van der Waals surface area (Å²) in [5, 5.41) is 8.77. The summed E-state index contributed by atoms with van der Waals surface area (Å²) in [6, 6.07) is 24.6. The highest BCUT2D eigenvalue weighted by Gasteiger charge is 2.27. The van der Waals surface area contributed by atoms with Crippen LogP contribution in [-0.4, -0.2) is 103 Å². The molecule has 3 aromatic carbocycles. The van der Waals surface area contributed by atoms with Crippen LogP contribution in [0.25, 0.3) is 34.4 Å². The van der Waals surface area contributed by atoms with Crippen LogP contribution >= 0.6 is 58.7 Å². The van der Waals surface area contributed by atoms with Crippen molar-refractivity contribution >= 4 is 76.7 Å². The Labute approximate surface area is 537 Å². The van der Waals surface area contributed by atoms with Crippen LogP contribution in [0.4, 0.5) is 0 Å². The van der Waals surface area contributed by atoms with E-state index in [4.69, 9.17) is 37.3 Å². The molecule has 0 aliphatic heterocycles. The van der Waals surface area contributed by atoms with E-state index in [2.05, 4.69) is 124 Å². The molecule has 15 nitrogen and oxygen atoms in total. The highest BCUT2D eigenvalue weighted by atomic mass is 127. The topological polar surface area (TPSA) is 196 Å². The molecule has 0 radical (unpaired) electrons. The van der Waals surface area contributed by atoms with Crippen LogP contribution < -0.4 is 0 Å². The third-order valence-corrected chi connectivity index (χ3v) is 19.1. The number of halogens is 1. The lowest BCUT2D eigenvalue weighted by atomic mass is 9.88. The number of thioether (sulfide) groups is 2. The molecule has 3 fully saturated rings. The molecule has 1 N–H and O–H groups in total. The normalized spacial score (nSPS) is 19.2. The number of benzene rings is 3. The fourth-order valence-corrected chi connectivity index (χ4v) is 13.2. The molecule has 9 rings (SSSR count). The summed E-state index contributed by atoms with van der Waals surface area (Å²) in [5.41, 5.74) is 9.30. The van der Waals surface area contributed by atoms with Gasteiger partial charge in [0.15, 0.2) is 0 Å². The van der Waals surface area contributed by atoms with Crippen LogP contribution in [-0.2, 0) is 57.9 Å². The van der Waals surface area contributed by atoms with Gasteiger partial charge in [-0.15, -0.1) is 23.5 Å². The van der Waals surface area contributed by atoms with Gasteiger partial charge >= 0.3 is 17.9 Å². The Morgan fingerprint density at radius 2 is 0.860 bits per heavy atom. The molecule has 3 aliphatic rings. The van der Waals surface area contributed by atoms with Crippen LogP contribution in [0.3, 0.4) is 0 Å². The molecule has 3 aromatic heterocycles. The van der Waals surface area contributed by atoms with Gasteiger partial charge in [0.1, 0.15) is 34.4 Å². The highest BCUT2D eigenvalue weighted by molar-refractivity contribution is 14.1. The van der Waals surface area contributed by atoms with E-state index in [0.717, 1.165) is 107 Å². The molecule has 0 bridgehead atoms. The number of alkyl halides is 1. The van der Waals surface area contributed by atoms with Gasteiger partial charge < -0.3 is 42.0 Å². The number of esters is 2. The number of thiol groups is 1. The van der Waals surface area contributed by atoms with Gasteiger partial charge in [-0.3, -0.25) is 14.4 Å². The van der Waals surface area contributed by atoms with E-state index in [9.17, 15) is 14.4 Å². The van der Waals surface area contributed by atoms with Crippen LogP contribution in [0.15, 0.2) is 86.0 Å². The number of rotatable bonds is 24. The third kappa shape index (κ3) is 24.7. The minimum absolute atomic E-state index is 0.119. The summed E-state index contributed by atoms with van der Waals surface area (Å²) < 4.78 is 46.7. The molecule has 3 saturated carbocycles. The average molecular weight is 1350 g/mol. The summed E-state index contributed by atoms with van der Waals surface area (Å²) >= 11 is 9.34. The largest absolute Gasteiger partial charge is 0.481 e. The fourth-order valence-electron chi connectivity index (χ4n) is 10.4. The molecule has 6 atom stereocenters. The molecule has 0 amide bonds. The molecular formula is C67H90IN3O12S3. The first-order valence-corrected chi connectivity index (χ1v) is 34.8. The number of carboxylic acid groups (broad SMARTS) is 1. The summed E-state index contributed by atoms with van der Waals surface area (Å²) in [5.74, 6) is 7.96. The third-order valence-electron chi connectivity index (χ3n) is 15.3. The van der Waals surface area contributed by atoms with E-state index in [-0.39, 0.29) is 35.7 Å². The standard InChI is InChI=1S/C23H31NO4S.C21H27NO4S.C19H24INO2.C4H8O2S/c1-4-26-22(25)15-29-14-18-6-5-7-20(12-18)27-13-21-17(3)28-23(24-21)19-10-8-16(2)9-11-19;1-14-6-8-17(9-7-14)21-22-19(15(2)26-21)11-25-18-5-3-4-16(10-18)12-27-13-20(23)24;1-13-6-8-16(9-7-13)19-21-18(14(2)23-19)12-22-17-5-3-4-15(10-17)11-20;1-2-6-4(5)3-7/h8-11,18,20H,4-7,12-15H2,1-3H3;6-9,16,18H,3-5,10-13H2,1-2H3,(H,23,24);6-9,15,17H,3-5,10-12H2,1-2H3;7H,2-3H2,1H3. The maximum absolute atomic E-state index is 11.5. The Balaban J connectivity index is 0.000000196. The summed E-state index contributed by atoms with van der Waals surface area (Å²) in [7, 11) is 0. The molecule has 470 valence electrons. The number of nitrogens with zero attached hydrogens (tertiary/aromatic N) is 3. The van der Waals surface area contributed by atoms with Crippen LogP contribution in [0.2, 0.25) is 0 Å². The van der Waals surface area contributed by atoms with Crippen molar-refractivity contribution in [3.63, 3.8) is 0 Å². The first kappa shape index (κ1) is 70.4. The van der Waals surface area contributed by atoms with Gasteiger partial charge in [-0.05, 0) is 179 Å². The predicted molar refractivity (Wildman–Crippen MR) is 354 cm³/mol. The van der Waals surface area contributed by atoms with Gasteiger partial charge in [0.25, 0.3) is 0 Å². The van der Waals surface area contributed by atoms with Crippen molar-refractivity contribution in [1.82, 2.24) is 15.0 Å². The number of aliphatic carboxylic acids is 1. The molecule has 0 saturated heterocycles. The number of carbonyl (C=O) groups excluding carboxylic acids is 2. The number of hydrogen-bond donors (Lipinski definition) is 2. The summed E-state index contributed by atoms with van der Waals surface area (Å²) in [6.45, 7) is 18.0. The Bertz CT molecular complexity index is 2950. The molecule has 6 unspecified atom stereocenters. The molecule has 6 aromatic rings. The lowest BCUT2D eigenvalue weighted by Gasteiger charge is -2.28. The molecule has 86 heavy (non-hydrogen) atoms. The Hall–Kier alpha value is -4.64. The molecule has 0 spiro atoms. The molecular weight excluding hydrogens is 1260 g/mol. The SMILES string of the molecule is CCOC(=O)CS.CCOC(=O)CSCC1CCCC(OCc2nc(-c3ccc(C)cc3)oc2C)C1.Cc1ccc(-c2nc(COC3CCCC(CI)C3)c(C)o2)cc1.Cc1ccc(-c2nc(COC3CCCC(CSCC(=O)O)C3)c(C)o2)cc1. The van der Waals surface area contributed by atoms with Crippen LogP contribution in [0.1, 0.15) is 142 Å². The van der Waals surface area contributed by atoms with Gasteiger partial charge in [-0.25, -0.2) is 15.0 Å². The summed E-state index contributed by atoms with van der Waals surface area (Å²) in [4.78, 5) is 46.2. The van der Waals surface area contributed by atoms with E-state index >= 15 is 0 Å². The van der Waals surface area contributed by atoms with Crippen molar-refractivity contribution in [2.24, 2.45) is 17.8 Å². The zero-order valence-electron chi connectivity index (χ0n) is 51.6. The van der Waals surface area contributed by atoms with Gasteiger partial charge in [0.2, 0.25) is 17.7 Å². The maximum Gasteiger partial charge on any atom is 0.315 e. The van der Waals surface area contributed by atoms with E-state index in [0.29, 0.717) is 74.4 Å². The lowest BCUT2D eigenvalue weighted by Crippen LogP contribution is -2.24. The van der Waals surface area contributed by atoms with Crippen molar-refractivity contribution in [2.75, 3.05) is 46.4 Å². The Morgan fingerprint density at radius 3 is 1.19 bits per heavy atom. The Morgan fingerprint density at radius 1 is 0.523 bits per heavy atom. The zero-order chi connectivity index (χ0) is 61.8. The van der Waals surface area contributed by atoms with Crippen molar-refractivity contribution in [1.29, 1.82) is 0 Å². The number of ether oxygens (including phenoxy) is 5. The first-order valence-electron chi connectivity index (χ1n) is 30.3. The number of aromatic nitrogens is 3. The van der Waals surface area contributed by atoms with E-state index in [1.165, 1.54) is 71.4 Å². The molecule has 3 heterocycles. The zero-order valence-corrected chi connectivity index (χ0v) is 56.3. The predicted octanol–water partition coefficient (Wildman–Crippen LogP) is 16.1. The summed E-state index contributed by atoms with van der Waals surface area (Å²) in [6.07, 6.45) is 14.7. The second-order valence-electron chi connectivity index (χ2n) is 22.4. The van der Waals surface area contributed by atoms with Crippen molar-refractivity contribution < 1.29 is 56.4 Å². The fraction of sp³-hybridized carbons (Fsp3) is 0.552.